The number of likely N-dealkylation sites (tertiary alicyclic amines) is 1. The molecule has 1 aliphatic heterocycles. The van der Waals surface area contributed by atoms with E-state index in [1.165, 1.54) is 6.42 Å². The maximum atomic E-state index is 9.37. The molecule has 1 aromatic rings. The third-order valence-electron chi connectivity index (χ3n) is 3.56. The van der Waals surface area contributed by atoms with E-state index in [1.807, 2.05) is 13.8 Å². The van der Waals surface area contributed by atoms with Crippen LogP contribution < -0.4 is 0 Å². The van der Waals surface area contributed by atoms with Crippen LogP contribution in [0.2, 0.25) is 0 Å². The molecular weight excluding hydrogens is 246 g/mol. The summed E-state index contributed by atoms with van der Waals surface area (Å²) < 4.78 is 10.7. The molecule has 1 aromatic heterocycles. The molecule has 6 heteroatoms. The molecule has 0 aliphatic carbocycles. The van der Waals surface area contributed by atoms with Crippen molar-refractivity contribution >= 4 is 0 Å². The molecule has 6 nitrogen and oxygen atoms in total. The van der Waals surface area contributed by atoms with Crippen LogP contribution in [0.1, 0.15) is 50.9 Å². The maximum Gasteiger partial charge on any atom is 0.240 e. The van der Waals surface area contributed by atoms with Crippen molar-refractivity contribution < 1.29 is 14.4 Å². The molecule has 1 aliphatic rings. The van der Waals surface area contributed by atoms with E-state index in [-0.39, 0.29) is 18.8 Å². The molecule has 0 bridgehead atoms. The summed E-state index contributed by atoms with van der Waals surface area (Å²) in [6.07, 6.45) is 3.23. The standard InChI is InChI=1S/C13H23N3O3/c1-3-18-10(2)13-14-12(19-15-13)8-16-7-5-4-6-11(16)9-17/h10-11,17H,3-9H2,1-2H3. The number of aromatic nitrogens is 2. The van der Waals surface area contributed by atoms with Crippen LogP contribution in [-0.4, -0.2) is 45.9 Å². The fraction of sp³-hybridized carbons (Fsp3) is 0.846. The number of aliphatic hydroxyl groups is 1. The van der Waals surface area contributed by atoms with Gasteiger partial charge in [0.1, 0.15) is 6.10 Å². The average Bonchev–Trinajstić information content (AvgIpc) is 2.88. The molecule has 2 unspecified atom stereocenters. The lowest BCUT2D eigenvalue weighted by atomic mass is 10.0. The first-order chi connectivity index (χ1) is 9.24. The molecule has 19 heavy (non-hydrogen) atoms. The summed E-state index contributed by atoms with van der Waals surface area (Å²) in [6, 6.07) is 0.216. The highest BCUT2D eigenvalue weighted by Crippen LogP contribution is 2.20. The second-order valence-electron chi connectivity index (χ2n) is 4.95. The van der Waals surface area contributed by atoms with Crippen LogP contribution in [0.15, 0.2) is 4.52 Å². The lowest BCUT2D eigenvalue weighted by molar-refractivity contribution is 0.0682. The average molecular weight is 269 g/mol. The number of piperidine rings is 1. The van der Waals surface area contributed by atoms with Crippen LogP contribution in [0.5, 0.6) is 0 Å². The van der Waals surface area contributed by atoms with Crippen LogP contribution in [0.4, 0.5) is 0 Å². The largest absolute Gasteiger partial charge is 0.395 e. The molecule has 2 atom stereocenters. The van der Waals surface area contributed by atoms with E-state index in [0.717, 1.165) is 19.4 Å². The smallest absolute Gasteiger partial charge is 0.240 e. The summed E-state index contributed by atoms with van der Waals surface area (Å²) in [4.78, 5) is 6.58. The molecule has 1 N–H and O–H groups in total. The topological polar surface area (TPSA) is 71.6 Å². The Morgan fingerprint density at radius 1 is 1.53 bits per heavy atom. The lowest BCUT2D eigenvalue weighted by Gasteiger charge is -2.33. The minimum Gasteiger partial charge on any atom is -0.395 e. The van der Waals surface area contributed by atoms with E-state index in [2.05, 4.69) is 15.0 Å². The Balaban J connectivity index is 1.95. The van der Waals surface area contributed by atoms with Crippen LogP contribution in [0, 0.1) is 0 Å². The van der Waals surface area contributed by atoms with Gasteiger partial charge in [0.05, 0.1) is 13.2 Å². The van der Waals surface area contributed by atoms with E-state index in [1.54, 1.807) is 0 Å². The van der Waals surface area contributed by atoms with Crippen molar-refractivity contribution in [2.24, 2.45) is 0 Å². The fourth-order valence-electron chi connectivity index (χ4n) is 2.47. The highest BCUT2D eigenvalue weighted by molar-refractivity contribution is 4.91. The number of rotatable bonds is 6. The highest BCUT2D eigenvalue weighted by Gasteiger charge is 2.24. The molecule has 0 spiro atoms. The number of nitrogens with zero attached hydrogens (tertiary/aromatic N) is 3. The van der Waals surface area contributed by atoms with Gasteiger partial charge in [-0.1, -0.05) is 11.6 Å². The minimum atomic E-state index is -0.141. The summed E-state index contributed by atoms with van der Waals surface area (Å²) in [7, 11) is 0. The first-order valence-corrected chi connectivity index (χ1v) is 7.03. The monoisotopic (exact) mass is 269 g/mol. The van der Waals surface area contributed by atoms with Gasteiger partial charge in [0.2, 0.25) is 5.89 Å². The minimum absolute atomic E-state index is 0.141. The Morgan fingerprint density at radius 3 is 3.11 bits per heavy atom. The van der Waals surface area contributed by atoms with Crippen LogP contribution >= 0.6 is 0 Å². The normalized spacial score (nSPS) is 22.6. The molecular formula is C13H23N3O3. The maximum absolute atomic E-state index is 9.37. The Bertz CT molecular complexity index is 383. The van der Waals surface area contributed by atoms with E-state index in [9.17, 15) is 5.11 Å². The summed E-state index contributed by atoms with van der Waals surface area (Å²) in [5.74, 6) is 1.19. The van der Waals surface area contributed by atoms with Crippen LogP contribution in [0.25, 0.3) is 0 Å². The molecule has 0 saturated carbocycles. The van der Waals surface area contributed by atoms with Gasteiger partial charge in [0.15, 0.2) is 5.82 Å². The molecule has 1 saturated heterocycles. The van der Waals surface area contributed by atoms with Gasteiger partial charge in [-0.25, -0.2) is 0 Å². The van der Waals surface area contributed by atoms with Crippen molar-refractivity contribution in [1.29, 1.82) is 0 Å². The van der Waals surface area contributed by atoms with Crippen molar-refractivity contribution in [3.8, 4) is 0 Å². The third-order valence-corrected chi connectivity index (χ3v) is 3.56. The van der Waals surface area contributed by atoms with Crippen LogP contribution in [0.3, 0.4) is 0 Å². The molecule has 2 heterocycles. The Kier molecular flexibility index (Phi) is 5.30. The fourth-order valence-corrected chi connectivity index (χ4v) is 2.47. The first-order valence-electron chi connectivity index (χ1n) is 7.03. The third kappa shape index (κ3) is 3.75. The zero-order chi connectivity index (χ0) is 13.7. The molecule has 0 radical (unpaired) electrons. The van der Waals surface area contributed by atoms with Gasteiger partial charge < -0.3 is 14.4 Å². The summed E-state index contributed by atoms with van der Waals surface area (Å²) in [6.45, 7) is 6.26. The number of aliphatic hydroxyl groups excluding tert-OH is 1. The summed E-state index contributed by atoms with van der Waals surface area (Å²) >= 11 is 0. The highest BCUT2D eigenvalue weighted by atomic mass is 16.5. The quantitative estimate of drug-likeness (QED) is 0.844. The van der Waals surface area contributed by atoms with Gasteiger partial charge in [-0.15, -0.1) is 0 Å². The van der Waals surface area contributed by atoms with Gasteiger partial charge in [-0.2, -0.15) is 4.98 Å². The Labute approximate surface area is 113 Å². The zero-order valence-electron chi connectivity index (χ0n) is 11.7. The van der Waals surface area contributed by atoms with Crippen molar-refractivity contribution in [1.82, 2.24) is 15.0 Å². The summed E-state index contributed by atoms with van der Waals surface area (Å²) in [5.41, 5.74) is 0. The van der Waals surface area contributed by atoms with Gasteiger partial charge in [-0.3, -0.25) is 4.90 Å². The number of hydrogen-bond acceptors (Lipinski definition) is 6. The number of ether oxygens (including phenoxy) is 1. The van der Waals surface area contributed by atoms with Crippen molar-refractivity contribution in [3.63, 3.8) is 0 Å². The molecule has 2 rings (SSSR count). The predicted molar refractivity (Wildman–Crippen MR) is 69.5 cm³/mol. The van der Waals surface area contributed by atoms with Crippen molar-refractivity contribution in [3.05, 3.63) is 11.7 Å². The van der Waals surface area contributed by atoms with E-state index in [0.29, 0.717) is 24.9 Å². The van der Waals surface area contributed by atoms with Crippen molar-refractivity contribution in [2.75, 3.05) is 19.8 Å². The van der Waals surface area contributed by atoms with Gasteiger partial charge in [-0.05, 0) is 33.2 Å². The zero-order valence-corrected chi connectivity index (χ0v) is 11.7. The SMILES string of the molecule is CCOC(C)c1noc(CN2CCCCC2CO)n1. The lowest BCUT2D eigenvalue weighted by Crippen LogP contribution is -2.41. The van der Waals surface area contributed by atoms with Crippen molar-refractivity contribution in [2.45, 2.75) is 51.8 Å². The Hall–Kier alpha value is -0.980. The van der Waals surface area contributed by atoms with Crippen LogP contribution in [-0.2, 0) is 11.3 Å². The predicted octanol–water partition coefficient (Wildman–Crippen LogP) is 1.51. The van der Waals surface area contributed by atoms with Gasteiger partial charge in [0.25, 0.3) is 0 Å². The molecule has 0 aromatic carbocycles. The Morgan fingerprint density at radius 2 is 2.37 bits per heavy atom. The second kappa shape index (κ2) is 6.98. The van der Waals surface area contributed by atoms with E-state index >= 15 is 0 Å². The van der Waals surface area contributed by atoms with Gasteiger partial charge in [0, 0.05) is 12.6 Å². The van der Waals surface area contributed by atoms with Gasteiger partial charge >= 0.3 is 0 Å². The molecule has 0 amide bonds. The first kappa shape index (κ1) is 14.4. The molecule has 108 valence electrons. The van der Waals surface area contributed by atoms with E-state index < -0.39 is 0 Å². The molecule has 1 fully saturated rings. The summed E-state index contributed by atoms with van der Waals surface area (Å²) in [5, 5.41) is 13.3. The number of hydrogen-bond donors (Lipinski definition) is 1. The van der Waals surface area contributed by atoms with E-state index in [4.69, 9.17) is 9.26 Å². The second-order valence-corrected chi connectivity index (χ2v) is 4.95.